The number of epoxide rings is 1. The van der Waals surface area contributed by atoms with Crippen LogP contribution >= 0.6 is 31.9 Å². The quantitative estimate of drug-likeness (QED) is 0.496. The molecule has 0 radical (unpaired) electrons. The lowest BCUT2D eigenvalue weighted by atomic mass is 11.0. The first-order chi connectivity index (χ1) is 3.41. The molecule has 3 heteroatoms. The molecule has 1 fully saturated rings. The van der Waals surface area contributed by atoms with Crippen molar-refractivity contribution in [3.8, 4) is 0 Å². The van der Waals surface area contributed by atoms with Gasteiger partial charge in [-0.05, 0) is 0 Å². The third-order valence-electron chi connectivity index (χ3n) is 0.276. The van der Waals surface area contributed by atoms with Crippen LogP contribution in [-0.4, -0.2) is 23.9 Å². The van der Waals surface area contributed by atoms with Crippen molar-refractivity contribution in [3.63, 3.8) is 0 Å². The summed E-state index contributed by atoms with van der Waals surface area (Å²) in [5.41, 5.74) is 0. The molecule has 7 heavy (non-hydrogen) atoms. The van der Waals surface area contributed by atoms with Crippen molar-refractivity contribution < 1.29 is 4.74 Å². The second-order valence-corrected chi connectivity index (χ2v) is 2.58. The molecule has 0 unspecified atom stereocenters. The third kappa shape index (κ3) is 19.6. The fourth-order valence-corrected chi connectivity index (χ4v) is 0. The summed E-state index contributed by atoms with van der Waals surface area (Å²) in [6.07, 6.45) is 0. The number of hydrogen-bond acceptors (Lipinski definition) is 1. The summed E-state index contributed by atoms with van der Waals surface area (Å²) in [5, 5.41) is 2.10. The van der Waals surface area contributed by atoms with Crippen LogP contribution in [0.15, 0.2) is 0 Å². The predicted molar refractivity (Wildman–Crippen MR) is 38.4 cm³/mol. The summed E-state index contributed by atoms with van der Waals surface area (Å²) in [7, 11) is 0. The Hall–Kier alpha value is 0.920. The van der Waals surface area contributed by atoms with Gasteiger partial charge in [0.25, 0.3) is 0 Å². The molecule has 1 nitrogen and oxygen atoms in total. The largest absolute Gasteiger partial charge is 0.377 e. The Morgan fingerprint density at radius 1 is 1.14 bits per heavy atom. The Labute approximate surface area is 60.7 Å². The highest BCUT2D eigenvalue weighted by molar-refractivity contribution is 9.11. The van der Waals surface area contributed by atoms with Gasteiger partial charge < -0.3 is 4.74 Å². The van der Waals surface area contributed by atoms with Crippen molar-refractivity contribution in [1.29, 1.82) is 0 Å². The molecule has 0 atom stereocenters. The van der Waals surface area contributed by atoms with Crippen LogP contribution in [0.25, 0.3) is 0 Å². The second kappa shape index (κ2) is 6.92. The molecular weight excluding hydrogens is 224 g/mol. The van der Waals surface area contributed by atoms with Crippen molar-refractivity contribution in [2.45, 2.75) is 0 Å². The molecule has 1 heterocycles. The van der Waals surface area contributed by atoms with Gasteiger partial charge in [-0.15, -0.1) is 0 Å². The van der Waals surface area contributed by atoms with Crippen LogP contribution in [0.5, 0.6) is 0 Å². The summed E-state index contributed by atoms with van der Waals surface area (Å²) >= 11 is 6.40. The first-order valence-corrected chi connectivity index (χ1v) is 4.35. The van der Waals surface area contributed by atoms with E-state index in [1.165, 1.54) is 0 Å². The topological polar surface area (TPSA) is 12.5 Å². The summed E-state index contributed by atoms with van der Waals surface area (Å²) in [5.74, 6) is 0. The minimum Gasteiger partial charge on any atom is -0.377 e. The fourth-order valence-electron chi connectivity index (χ4n) is 0. The summed E-state index contributed by atoms with van der Waals surface area (Å²) < 4.78 is 4.50. The average Bonchev–Trinajstić information content (AvgIpc) is 2.47. The van der Waals surface area contributed by atoms with Gasteiger partial charge in [0.05, 0.1) is 13.2 Å². The Morgan fingerprint density at radius 3 is 1.43 bits per heavy atom. The number of alkyl halides is 2. The fraction of sp³-hybridized carbons (Fsp3) is 1.00. The van der Waals surface area contributed by atoms with Crippen LogP contribution in [-0.2, 0) is 4.74 Å². The molecule has 0 aromatic heterocycles. The van der Waals surface area contributed by atoms with Crippen LogP contribution in [0.4, 0.5) is 0 Å². The van der Waals surface area contributed by atoms with Gasteiger partial charge in [0, 0.05) is 10.7 Å². The van der Waals surface area contributed by atoms with E-state index in [0.29, 0.717) is 0 Å². The maximum atomic E-state index is 4.50. The van der Waals surface area contributed by atoms with Gasteiger partial charge in [-0.25, -0.2) is 0 Å². The smallest absolute Gasteiger partial charge is 0.0701 e. The van der Waals surface area contributed by atoms with Gasteiger partial charge in [0.1, 0.15) is 0 Å². The molecule has 0 aromatic rings. The molecule has 1 saturated heterocycles. The maximum absolute atomic E-state index is 4.50. The molecule has 1 aliphatic rings. The lowest BCUT2D eigenvalue weighted by Crippen LogP contribution is -1.61. The molecule has 0 bridgehead atoms. The third-order valence-corrected chi connectivity index (χ3v) is 2.13. The van der Waals surface area contributed by atoms with Crippen LogP contribution in [0.1, 0.15) is 0 Å². The van der Waals surface area contributed by atoms with Crippen molar-refractivity contribution >= 4 is 31.9 Å². The Bertz CT molecular complexity index is 26.1. The predicted octanol–water partition coefficient (Wildman–Crippen LogP) is 1.79. The molecule has 1 rings (SSSR count). The second-order valence-electron chi connectivity index (χ2n) is 0.990. The standard InChI is InChI=1S/C2H4Br2.C2H4O/c3-1-2-4;1-2-3-1/h1-2H2;1-2H2. The van der Waals surface area contributed by atoms with E-state index in [1.807, 2.05) is 0 Å². The van der Waals surface area contributed by atoms with E-state index in [1.54, 1.807) is 0 Å². The van der Waals surface area contributed by atoms with Gasteiger partial charge in [0.2, 0.25) is 0 Å². The molecule has 1 aliphatic heterocycles. The van der Waals surface area contributed by atoms with Gasteiger partial charge >= 0.3 is 0 Å². The summed E-state index contributed by atoms with van der Waals surface area (Å²) in [4.78, 5) is 0. The van der Waals surface area contributed by atoms with E-state index in [2.05, 4.69) is 36.6 Å². The van der Waals surface area contributed by atoms with Crippen LogP contribution in [0.2, 0.25) is 0 Å². The van der Waals surface area contributed by atoms with Crippen molar-refractivity contribution in [2.24, 2.45) is 0 Å². The maximum Gasteiger partial charge on any atom is 0.0701 e. The van der Waals surface area contributed by atoms with Gasteiger partial charge in [-0.3, -0.25) is 0 Å². The molecule has 0 aromatic carbocycles. The Kier molecular flexibility index (Phi) is 7.83. The van der Waals surface area contributed by atoms with E-state index in [0.717, 1.165) is 23.9 Å². The molecule has 0 N–H and O–H groups in total. The Morgan fingerprint density at radius 2 is 1.43 bits per heavy atom. The summed E-state index contributed by atoms with van der Waals surface area (Å²) in [6, 6.07) is 0. The zero-order valence-corrected chi connectivity index (χ0v) is 7.16. The molecule has 44 valence electrons. The molecule has 0 spiro atoms. The van der Waals surface area contributed by atoms with Crippen molar-refractivity contribution in [1.82, 2.24) is 0 Å². The first kappa shape index (κ1) is 7.92. The average molecular weight is 232 g/mol. The van der Waals surface area contributed by atoms with Gasteiger partial charge in [-0.1, -0.05) is 31.9 Å². The number of halogens is 2. The number of ether oxygens (including phenoxy) is 1. The van der Waals surface area contributed by atoms with Crippen LogP contribution in [0.3, 0.4) is 0 Å². The van der Waals surface area contributed by atoms with E-state index in [9.17, 15) is 0 Å². The molecule has 0 aliphatic carbocycles. The van der Waals surface area contributed by atoms with E-state index in [4.69, 9.17) is 0 Å². The monoisotopic (exact) mass is 230 g/mol. The normalized spacial score (nSPS) is 14.6. The van der Waals surface area contributed by atoms with E-state index < -0.39 is 0 Å². The minimum absolute atomic E-state index is 1.00. The van der Waals surface area contributed by atoms with E-state index in [-0.39, 0.29) is 0 Å². The molecule has 0 saturated carbocycles. The Balaban J connectivity index is 0.000000105. The first-order valence-electron chi connectivity index (χ1n) is 2.11. The zero-order valence-electron chi connectivity index (χ0n) is 3.99. The van der Waals surface area contributed by atoms with Gasteiger partial charge in [0.15, 0.2) is 0 Å². The number of hydrogen-bond donors (Lipinski definition) is 0. The highest BCUT2D eigenvalue weighted by atomic mass is 79.9. The number of rotatable bonds is 1. The van der Waals surface area contributed by atoms with E-state index >= 15 is 0 Å². The molecule has 0 amide bonds. The lowest BCUT2D eigenvalue weighted by molar-refractivity contribution is 0.475. The summed E-state index contributed by atoms with van der Waals surface area (Å²) in [6.45, 7) is 2.00. The van der Waals surface area contributed by atoms with Crippen LogP contribution in [0, 0.1) is 0 Å². The van der Waals surface area contributed by atoms with Crippen molar-refractivity contribution in [3.05, 3.63) is 0 Å². The minimum atomic E-state index is 1.00. The highest BCUT2D eigenvalue weighted by Crippen LogP contribution is 1.84. The molecular formula is C4H8Br2O. The lowest BCUT2D eigenvalue weighted by Gasteiger charge is -1.63. The van der Waals surface area contributed by atoms with Crippen LogP contribution < -0.4 is 0 Å². The zero-order chi connectivity index (χ0) is 5.54. The SMILES string of the molecule is BrCCBr.C1CO1. The van der Waals surface area contributed by atoms with Crippen molar-refractivity contribution in [2.75, 3.05) is 23.9 Å². The highest BCUT2D eigenvalue weighted by Gasteiger charge is 1.94. The van der Waals surface area contributed by atoms with Gasteiger partial charge in [-0.2, -0.15) is 0 Å².